The van der Waals surface area contributed by atoms with Crippen molar-refractivity contribution < 1.29 is 18.7 Å². The molecule has 3 rings (SSSR count). The van der Waals surface area contributed by atoms with Crippen molar-refractivity contribution in [3.63, 3.8) is 0 Å². The minimum absolute atomic E-state index is 0.0426. The number of esters is 1. The van der Waals surface area contributed by atoms with Gasteiger partial charge in [0.2, 0.25) is 5.91 Å². The minimum Gasteiger partial charge on any atom is -0.463 e. The van der Waals surface area contributed by atoms with E-state index in [9.17, 15) is 9.59 Å². The van der Waals surface area contributed by atoms with E-state index >= 15 is 0 Å². The second kappa shape index (κ2) is 7.23. The highest BCUT2D eigenvalue weighted by atomic mass is 32.2. The third-order valence-corrected chi connectivity index (χ3v) is 5.19. The van der Waals surface area contributed by atoms with Crippen molar-refractivity contribution in [2.45, 2.75) is 20.4 Å². The molecule has 0 radical (unpaired) electrons. The molecule has 0 atom stereocenters. The summed E-state index contributed by atoms with van der Waals surface area (Å²) in [5.74, 6) is 1.38. The monoisotopic (exact) mass is 364 g/mol. The van der Waals surface area contributed by atoms with E-state index < -0.39 is 5.97 Å². The van der Waals surface area contributed by atoms with Crippen molar-refractivity contribution in [2.75, 3.05) is 12.4 Å². The number of thiazole rings is 1. The quantitative estimate of drug-likeness (QED) is 0.599. The van der Waals surface area contributed by atoms with Crippen molar-refractivity contribution in [2.24, 2.45) is 0 Å². The maximum absolute atomic E-state index is 12.1. The predicted octanol–water partition coefficient (Wildman–Crippen LogP) is 3.19. The van der Waals surface area contributed by atoms with Crippen LogP contribution in [0.15, 0.2) is 33.0 Å². The largest absolute Gasteiger partial charge is 0.463 e. The zero-order valence-corrected chi connectivity index (χ0v) is 14.9. The standard InChI is InChI=1S/C16H16N2O4S2/c1-3-21-15(20)6-14-18(13(19)9-23-14)7-11-8-24-16(17-11)12-5-4-10(2)22-12/h4-6,8H,3,7,9H2,1-2H3. The van der Waals surface area contributed by atoms with E-state index in [0.717, 1.165) is 16.5 Å². The molecule has 0 unspecified atom stereocenters. The van der Waals surface area contributed by atoms with E-state index in [1.807, 2.05) is 24.4 Å². The Hall–Kier alpha value is -2.06. The SMILES string of the molecule is CCOC(=O)C=C1SCC(=O)N1Cc1csc(-c2ccc(C)o2)n1. The Balaban J connectivity index is 1.75. The van der Waals surface area contributed by atoms with Gasteiger partial charge in [-0.15, -0.1) is 11.3 Å². The number of aromatic nitrogens is 1. The molecule has 1 amide bonds. The summed E-state index contributed by atoms with van der Waals surface area (Å²) in [4.78, 5) is 29.8. The van der Waals surface area contributed by atoms with Crippen molar-refractivity contribution in [1.29, 1.82) is 0 Å². The number of hydrogen-bond acceptors (Lipinski definition) is 7. The Morgan fingerprint density at radius 1 is 1.50 bits per heavy atom. The highest BCUT2D eigenvalue weighted by molar-refractivity contribution is 8.04. The molecule has 1 saturated heterocycles. The smallest absolute Gasteiger partial charge is 0.333 e. The highest BCUT2D eigenvalue weighted by Gasteiger charge is 2.28. The molecule has 0 aromatic carbocycles. The van der Waals surface area contributed by atoms with Gasteiger partial charge in [-0.05, 0) is 26.0 Å². The van der Waals surface area contributed by atoms with E-state index in [4.69, 9.17) is 9.15 Å². The van der Waals surface area contributed by atoms with Gasteiger partial charge in [0.15, 0.2) is 10.8 Å². The van der Waals surface area contributed by atoms with Crippen LogP contribution in [0.1, 0.15) is 18.4 Å². The summed E-state index contributed by atoms with van der Waals surface area (Å²) in [5, 5.41) is 3.26. The maximum Gasteiger partial charge on any atom is 0.333 e. The van der Waals surface area contributed by atoms with E-state index in [0.29, 0.717) is 29.7 Å². The lowest BCUT2D eigenvalue weighted by Gasteiger charge is -2.15. The van der Waals surface area contributed by atoms with Crippen LogP contribution in [-0.4, -0.2) is 34.1 Å². The number of rotatable bonds is 5. The molecule has 1 fully saturated rings. The number of carbonyl (C=O) groups excluding carboxylic acids is 2. The van der Waals surface area contributed by atoms with Crippen LogP contribution in [0.25, 0.3) is 10.8 Å². The molecule has 0 aliphatic carbocycles. The summed E-state index contributed by atoms with van der Waals surface area (Å²) in [6.45, 7) is 4.26. The number of nitrogens with zero attached hydrogens (tertiary/aromatic N) is 2. The Bertz CT molecular complexity index is 794. The van der Waals surface area contributed by atoms with Crippen LogP contribution in [0.4, 0.5) is 0 Å². The third-order valence-electron chi connectivity index (χ3n) is 3.26. The zero-order chi connectivity index (χ0) is 17.1. The number of hydrogen-bond donors (Lipinski definition) is 0. The summed E-state index contributed by atoms with van der Waals surface area (Å²) in [6, 6.07) is 3.76. The molecule has 1 aliphatic rings. The topological polar surface area (TPSA) is 72.6 Å². The minimum atomic E-state index is -0.440. The van der Waals surface area contributed by atoms with Crippen LogP contribution >= 0.6 is 23.1 Å². The molecule has 0 spiro atoms. The zero-order valence-electron chi connectivity index (χ0n) is 13.3. The Kier molecular flexibility index (Phi) is 5.06. The molecule has 2 aromatic heterocycles. The van der Waals surface area contributed by atoms with Gasteiger partial charge in [-0.25, -0.2) is 9.78 Å². The van der Waals surface area contributed by atoms with Crippen LogP contribution in [0, 0.1) is 6.92 Å². The molecule has 1 aliphatic heterocycles. The van der Waals surface area contributed by atoms with E-state index in [1.165, 1.54) is 29.2 Å². The molecule has 0 N–H and O–H groups in total. The van der Waals surface area contributed by atoms with Gasteiger partial charge in [-0.1, -0.05) is 11.8 Å². The molecule has 8 heteroatoms. The van der Waals surface area contributed by atoms with Crippen LogP contribution in [-0.2, 0) is 20.9 Å². The maximum atomic E-state index is 12.1. The molecular formula is C16H16N2O4S2. The van der Waals surface area contributed by atoms with Gasteiger partial charge in [-0.2, -0.15) is 0 Å². The van der Waals surface area contributed by atoms with Crippen LogP contribution in [0.3, 0.4) is 0 Å². The lowest BCUT2D eigenvalue weighted by Crippen LogP contribution is -2.24. The van der Waals surface area contributed by atoms with E-state index in [2.05, 4.69) is 4.98 Å². The Morgan fingerprint density at radius 3 is 3.04 bits per heavy atom. The van der Waals surface area contributed by atoms with Crippen molar-refractivity contribution >= 4 is 35.0 Å². The van der Waals surface area contributed by atoms with E-state index in [1.54, 1.807) is 11.8 Å². The lowest BCUT2D eigenvalue weighted by atomic mass is 10.4. The van der Waals surface area contributed by atoms with Gasteiger partial charge in [0.25, 0.3) is 0 Å². The molecule has 0 saturated carbocycles. The molecule has 126 valence electrons. The average molecular weight is 364 g/mol. The molecule has 2 aromatic rings. The first-order valence-electron chi connectivity index (χ1n) is 7.39. The molecular weight excluding hydrogens is 348 g/mol. The van der Waals surface area contributed by atoms with Crippen molar-refractivity contribution in [3.8, 4) is 10.8 Å². The normalized spacial score (nSPS) is 16.2. The fourth-order valence-corrected chi connectivity index (χ4v) is 3.89. The molecule has 3 heterocycles. The van der Waals surface area contributed by atoms with Gasteiger partial charge in [-0.3, -0.25) is 9.69 Å². The first kappa shape index (κ1) is 16.8. The Morgan fingerprint density at radius 2 is 2.33 bits per heavy atom. The summed E-state index contributed by atoms with van der Waals surface area (Å²) in [6.07, 6.45) is 1.36. The third kappa shape index (κ3) is 3.70. The van der Waals surface area contributed by atoms with Gasteiger partial charge in [0.05, 0.1) is 35.7 Å². The molecule has 6 nitrogen and oxygen atoms in total. The van der Waals surface area contributed by atoms with Gasteiger partial charge >= 0.3 is 5.97 Å². The van der Waals surface area contributed by atoms with Gasteiger partial charge in [0.1, 0.15) is 5.76 Å². The fourth-order valence-electron chi connectivity index (χ4n) is 2.19. The summed E-state index contributed by atoms with van der Waals surface area (Å²) in [7, 11) is 0. The first-order chi connectivity index (χ1) is 11.6. The van der Waals surface area contributed by atoms with E-state index in [-0.39, 0.29) is 5.91 Å². The van der Waals surface area contributed by atoms with Crippen LogP contribution < -0.4 is 0 Å². The van der Waals surface area contributed by atoms with Gasteiger partial charge in [0, 0.05) is 5.38 Å². The molecule has 24 heavy (non-hydrogen) atoms. The summed E-state index contributed by atoms with van der Waals surface area (Å²) in [5.41, 5.74) is 0.759. The molecule has 0 bridgehead atoms. The number of aryl methyl sites for hydroxylation is 1. The lowest BCUT2D eigenvalue weighted by molar-refractivity contribution is -0.137. The average Bonchev–Trinajstić information content (AvgIpc) is 3.24. The van der Waals surface area contributed by atoms with Gasteiger partial charge < -0.3 is 9.15 Å². The summed E-state index contributed by atoms with van der Waals surface area (Å²) >= 11 is 2.80. The Labute approximate surface area is 147 Å². The number of ether oxygens (including phenoxy) is 1. The number of amides is 1. The second-order valence-corrected chi connectivity index (χ2v) is 6.91. The second-order valence-electron chi connectivity index (χ2n) is 5.06. The van der Waals surface area contributed by atoms with Crippen LogP contribution in [0.5, 0.6) is 0 Å². The number of carbonyl (C=O) groups is 2. The van der Waals surface area contributed by atoms with Crippen molar-refractivity contribution in [1.82, 2.24) is 9.88 Å². The fraction of sp³-hybridized carbons (Fsp3) is 0.312. The van der Waals surface area contributed by atoms with Crippen LogP contribution in [0.2, 0.25) is 0 Å². The predicted molar refractivity (Wildman–Crippen MR) is 92.3 cm³/mol. The number of furan rings is 1. The number of thioether (sulfide) groups is 1. The first-order valence-corrected chi connectivity index (χ1v) is 9.26. The highest BCUT2D eigenvalue weighted by Crippen LogP contribution is 2.32. The van der Waals surface area contributed by atoms with Crippen molar-refractivity contribution in [3.05, 3.63) is 40.1 Å². The summed E-state index contributed by atoms with van der Waals surface area (Å²) < 4.78 is 10.5.